The van der Waals surface area contributed by atoms with Crippen LogP contribution >= 0.6 is 0 Å². The highest BCUT2D eigenvalue weighted by atomic mass is 16.1. The molecule has 0 aliphatic heterocycles. The Morgan fingerprint density at radius 2 is 1.96 bits per heavy atom. The summed E-state index contributed by atoms with van der Waals surface area (Å²) < 4.78 is 2.08. The lowest BCUT2D eigenvalue weighted by Crippen LogP contribution is -2.27. The largest absolute Gasteiger partial charge is 0.399 e. The van der Waals surface area contributed by atoms with Crippen molar-refractivity contribution in [2.75, 3.05) is 5.73 Å². The van der Waals surface area contributed by atoms with Crippen LogP contribution in [0, 0.1) is 6.92 Å². The summed E-state index contributed by atoms with van der Waals surface area (Å²) in [6.07, 6.45) is 2.07. The number of rotatable bonds is 3. The lowest BCUT2D eigenvalue weighted by molar-refractivity contribution is 0.0939. The molecule has 1 aromatic heterocycles. The third-order valence-corrected chi connectivity index (χ3v) is 4.25. The Hall–Kier alpha value is -2.75. The first-order valence-corrected chi connectivity index (χ1v) is 7.68. The maximum atomic E-state index is 12.6. The molecule has 4 nitrogen and oxygen atoms in total. The molecule has 0 saturated carbocycles. The van der Waals surface area contributed by atoms with Crippen LogP contribution in [0.4, 0.5) is 5.69 Å². The number of aryl methyl sites for hydroxylation is 2. The zero-order chi connectivity index (χ0) is 16.6. The van der Waals surface area contributed by atoms with Gasteiger partial charge in [-0.05, 0) is 43.2 Å². The van der Waals surface area contributed by atoms with Crippen molar-refractivity contribution in [1.29, 1.82) is 0 Å². The molecular formula is C19H21N3O. The van der Waals surface area contributed by atoms with Crippen LogP contribution in [0.1, 0.15) is 34.5 Å². The van der Waals surface area contributed by atoms with Crippen LogP contribution in [0.3, 0.4) is 0 Å². The molecule has 118 valence electrons. The Labute approximate surface area is 135 Å². The van der Waals surface area contributed by atoms with Gasteiger partial charge in [0.2, 0.25) is 0 Å². The number of anilines is 1. The Balaban J connectivity index is 1.90. The monoisotopic (exact) mass is 307 g/mol. The van der Waals surface area contributed by atoms with Gasteiger partial charge in [-0.3, -0.25) is 4.79 Å². The maximum Gasteiger partial charge on any atom is 0.252 e. The van der Waals surface area contributed by atoms with Crippen LogP contribution in [0.25, 0.3) is 10.9 Å². The van der Waals surface area contributed by atoms with Crippen LogP contribution in [-0.2, 0) is 7.05 Å². The number of fused-ring (bicyclic) bond motifs is 1. The highest BCUT2D eigenvalue weighted by Gasteiger charge is 2.17. The van der Waals surface area contributed by atoms with E-state index in [1.165, 1.54) is 0 Å². The van der Waals surface area contributed by atoms with Crippen LogP contribution in [0.5, 0.6) is 0 Å². The number of benzene rings is 2. The number of amides is 1. The van der Waals surface area contributed by atoms with Gasteiger partial charge >= 0.3 is 0 Å². The summed E-state index contributed by atoms with van der Waals surface area (Å²) in [5.41, 5.74) is 10.2. The number of nitrogens with zero attached hydrogens (tertiary/aromatic N) is 1. The molecule has 1 atom stereocenters. The van der Waals surface area contributed by atoms with E-state index in [1.54, 1.807) is 12.1 Å². The lowest BCUT2D eigenvalue weighted by atomic mass is 10.0. The van der Waals surface area contributed by atoms with Gasteiger partial charge in [-0.25, -0.2) is 0 Å². The number of para-hydroxylation sites is 1. The minimum Gasteiger partial charge on any atom is -0.399 e. The smallest absolute Gasteiger partial charge is 0.252 e. The molecule has 3 rings (SSSR count). The number of hydrogen-bond donors (Lipinski definition) is 2. The van der Waals surface area contributed by atoms with Crippen molar-refractivity contribution < 1.29 is 4.79 Å². The van der Waals surface area contributed by atoms with E-state index in [0.717, 1.165) is 22.0 Å². The second kappa shape index (κ2) is 5.80. The Morgan fingerprint density at radius 1 is 1.22 bits per heavy atom. The predicted molar refractivity (Wildman–Crippen MR) is 94.4 cm³/mol. The molecule has 2 aromatic carbocycles. The fraction of sp³-hybridized carbons (Fsp3) is 0.211. The van der Waals surface area contributed by atoms with Gasteiger partial charge in [-0.1, -0.05) is 24.3 Å². The number of nitrogen functional groups attached to an aromatic ring is 1. The Kier molecular flexibility index (Phi) is 3.82. The first-order chi connectivity index (χ1) is 11.0. The number of carbonyl (C=O) groups excluding carboxylic acids is 1. The lowest BCUT2D eigenvalue weighted by Gasteiger charge is -2.15. The number of aromatic nitrogens is 1. The molecule has 1 heterocycles. The van der Waals surface area contributed by atoms with E-state index in [2.05, 4.69) is 28.2 Å². The molecule has 0 fully saturated rings. The zero-order valence-electron chi connectivity index (χ0n) is 13.6. The quantitative estimate of drug-likeness (QED) is 0.727. The Morgan fingerprint density at radius 3 is 2.74 bits per heavy atom. The summed E-state index contributed by atoms with van der Waals surface area (Å²) >= 11 is 0. The third-order valence-electron chi connectivity index (χ3n) is 4.25. The van der Waals surface area contributed by atoms with E-state index in [-0.39, 0.29) is 11.9 Å². The van der Waals surface area contributed by atoms with Gasteiger partial charge in [-0.15, -0.1) is 0 Å². The first kappa shape index (κ1) is 15.2. The second-order valence-electron chi connectivity index (χ2n) is 5.98. The number of carbonyl (C=O) groups is 1. The van der Waals surface area contributed by atoms with Gasteiger partial charge in [0.1, 0.15) is 0 Å². The van der Waals surface area contributed by atoms with Crippen molar-refractivity contribution >= 4 is 22.5 Å². The number of nitrogens with two attached hydrogens (primary N) is 1. The summed E-state index contributed by atoms with van der Waals surface area (Å²) in [6, 6.07) is 13.5. The molecule has 3 aromatic rings. The third kappa shape index (κ3) is 2.80. The molecule has 0 saturated heterocycles. The topological polar surface area (TPSA) is 60.1 Å². The van der Waals surface area contributed by atoms with Gasteiger partial charge in [0.05, 0.1) is 6.04 Å². The van der Waals surface area contributed by atoms with E-state index in [4.69, 9.17) is 5.73 Å². The van der Waals surface area contributed by atoms with Gasteiger partial charge in [0, 0.05) is 35.4 Å². The van der Waals surface area contributed by atoms with Crippen molar-refractivity contribution in [3.05, 3.63) is 65.4 Å². The molecule has 0 aliphatic carbocycles. The first-order valence-electron chi connectivity index (χ1n) is 7.68. The Bertz CT molecular complexity index is 879. The highest BCUT2D eigenvalue weighted by molar-refractivity contribution is 5.97. The molecule has 3 N–H and O–H groups in total. The van der Waals surface area contributed by atoms with Crippen LogP contribution in [0.2, 0.25) is 0 Å². The van der Waals surface area contributed by atoms with E-state index >= 15 is 0 Å². The van der Waals surface area contributed by atoms with Crippen LogP contribution < -0.4 is 11.1 Å². The van der Waals surface area contributed by atoms with E-state index < -0.39 is 0 Å². The summed E-state index contributed by atoms with van der Waals surface area (Å²) in [5.74, 6) is -0.102. The predicted octanol–water partition coefficient (Wildman–Crippen LogP) is 3.56. The van der Waals surface area contributed by atoms with Gasteiger partial charge in [-0.2, -0.15) is 0 Å². The van der Waals surface area contributed by atoms with Gasteiger partial charge in [0.15, 0.2) is 0 Å². The van der Waals surface area contributed by atoms with Gasteiger partial charge < -0.3 is 15.6 Å². The zero-order valence-corrected chi connectivity index (χ0v) is 13.6. The van der Waals surface area contributed by atoms with Crippen molar-refractivity contribution in [1.82, 2.24) is 9.88 Å². The molecule has 0 radical (unpaired) electrons. The van der Waals surface area contributed by atoms with E-state index in [9.17, 15) is 4.79 Å². The second-order valence-corrected chi connectivity index (χ2v) is 5.98. The average Bonchev–Trinajstić information content (AvgIpc) is 2.87. The fourth-order valence-corrected chi connectivity index (χ4v) is 2.95. The number of hydrogen-bond acceptors (Lipinski definition) is 2. The summed E-state index contributed by atoms with van der Waals surface area (Å²) in [5, 5.41) is 4.24. The molecule has 0 aliphatic rings. The summed E-state index contributed by atoms with van der Waals surface area (Å²) in [7, 11) is 2.02. The van der Waals surface area contributed by atoms with Crippen molar-refractivity contribution in [3.8, 4) is 0 Å². The van der Waals surface area contributed by atoms with Crippen molar-refractivity contribution in [2.24, 2.45) is 7.05 Å². The minimum absolute atomic E-state index is 0.0885. The van der Waals surface area contributed by atoms with E-state index in [0.29, 0.717) is 11.3 Å². The SMILES string of the molecule is Cc1ccc(N)cc1C(=O)NC(C)c1cn(C)c2ccccc12. The van der Waals surface area contributed by atoms with E-state index in [1.807, 2.05) is 39.1 Å². The fourth-order valence-electron chi connectivity index (χ4n) is 2.95. The molecule has 23 heavy (non-hydrogen) atoms. The molecule has 0 spiro atoms. The van der Waals surface area contributed by atoms with Crippen molar-refractivity contribution in [2.45, 2.75) is 19.9 Å². The standard InChI is InChI=1S/C19H21N3O/c1-12-8-9-14(20)10-16(12)19(23)21-13(2)17-11-22(3)18-7-5-4-6-15(17)18/h4-11,13H,20H2,1-3H3,(H,21,23). The molecular weight excluding hydrogens is 286 g/mol. The maximum absolute atomic E-state index is 12.6. The number of nitrogens with one attached hydrogen (secondary N) is 1. The van der Waals surface area contributed by atoms with Crippen LogP contribution in [0.15, 0.2) is 48.7 Å². The molecule has 0 bridgehead atoms. The summed E-state index contributed by atoms with van der Waals surface area (Å²) in [6.45, 7) is 3.91. The normalized spacial score (nSPS) is 12.3. The molecule has 4 heteroatoms. The van der Waals surface area contributed by atoms with Crippen molar-refractivity contribution in [3.63, 3.8) is 0 Å². The minimum atomic E-state index is -0.102. The average molecular weight is 307 g/mol. The molecule has 1 amide bonds. The highest BCUT2D eigenvalue weighted by Crippen LogP contribution is 2.26. The van der Waals surface area contributed by atoms with Crippen LogP contribution in [-0.4, -0.2) is 10.5 Å². The molecule has 1 unspecified atom stereocenters. The summed E-state index contributed by atoms with van der Waals surface area (Å²) in [4.78, 5) is 12.6. The van der Waals surface area contributed by atoms with Gasteiger partial charge in [0.25, 0.3) is 5.91 Å².